The van der Waals surface area contributed by atoms with Gasteiger partial charge in [-0.3, -0.25) is 0 Å². The van der Waals surface area contributed by atoms with Gasteiger partial charge in [0.2, 0.25) is 0 Å². The number of rotatable bonds is 7. The molecule has 5 nitrogen and oxygen atoms in total. The Bertz CT molecular complexity index is 1060. The van der Waals surface area contributed by atoms with Gasteiger partial charge in [-0.25, -0.2) is 9.97 Å². The Morgan fingerprint density at radius 3 is 1.97 bits per heavy atom. The molecule has 4 rings (SSSR count). The predicted molar refractivity (Wildman–Crippen MR) is 124 cm³/mol. The molecule has 0 spiro atoms. The molecule has 4 N–H and O–H groups in total. The molecule has 1 heterocycles. The van der Waals surface area contributed by atoms with Gasteiger partial charge in [0.25, 0.3) is 0 Å². The highest BCUT2D eigenvalue weighted by Crippen LogP contribution is 2.32. The van der Waals surface area contributed by atoms with Crippen molar-refractivity contribution in [3.05, 3.63) is 108 Å². The SMILES string of the molecule is CCc1ccccc1Nc1ncnc(NC(c2ccccc2)c2ccccc2)c1N. The molecule has 0 aliphatic rings. The maximum Gasteiger partial charge on any atom is 0.159 e. The molecule has 0 amide bonds. The van der Waals surface area contributed by atoms with Crippen molar-refractivity contribution < 1.29 is 0 Å². The lowest BCUT2D eigenvalue weighted by molar-refractivity contribution is 0.924. The molecule has 0 fully saturated rings. The molecule has 1 aromatic heterocycles. The number of aryl methyl sites for hydroxylation is 1. The van der Waals surface area contributed by atoms with Crippen molar-refractivity contribution in [1.29, 1.82) is 0 Å². The van der Waals surface area contributed by atoms with Crippen molar-refractivity contribution >= 4 is 23.0 Å². The maximum atomic E-state index is 6.48. The Hall–Kier alpha value is -3.86. The molecule has 150 valence electrons. The normalized spacial score (nSPS) is 10.7. The number of aromatic nitrogens is 2. The molecule has 0 bridgehead atoms. The van der Waals surface area contributed by atoms with Crippen LogP contribution in [0.2, 0.25) is 0 Å². The topological polar surface area (TPSA) is 75.9 Å². The first kappa shape index (κ1) is 19.5. The fourth-order valence-electron chi connectivity index (χ4n) is 3.48. The van der Waals surface area contributed by atoms with E-state index < -0.39 is 0 Å². The van der Waals surface area contributed by atoms with Gasteiger partial charge in [-0.05, 0) is 29.2 Å². The van der Waals surface area contributed by atoms with E-state index in [0.29, 0.717) is 17.3 Å². The molecule has 5 heteroatoms. The molecular formula is C25H25N5. The highest BCUT2D eigenvalue weighted by atomic mass is 15.1. The summed E-state index contributed by atoms with van der Waals surface area (Å²) in [5.74, 6) is 1.19. The minimum atomic E-state index is -0.0830. The van der Waals surface area contributed by atoms with Crippen molar-refractivity contribution in [3.8, 4) is 0 Å². The first-order valence-corrected chi connectivity index (χ1v) is 10.1. The predicted octanol–water partition coefficient (Wildman–Crippen LogP) is 5.57. The second-order valence-electron chi connectivity index (χ2n) is 7.02. The number of nitrogens with zero attached hydrogens (tertiary/aromatic N) is 2. The van der Waals surface area contributed by atoms with Gasteiger partial charge in [0, 0.05) is 5.69 Å². The van der Waals surface area contributed by atoms with Crippen molar-refractivity contribution in [2.75, 3.05) is 16.4 Å². The maximum absolute atomic E-state index is 6.48. The van der Waals surface area contributed by atoms with E-state index in [9.17, 15) is 0 Å². The number of hydrogen-bond donors (Lipinski definition) is 3. The summed E-state index contributed by atoms with van der Waals surface area (Å²) in [6.07, 6.45) is 2.45. The van der Waals surface area contributed by atoms with Gasteiger partial charge >= 0.3 is 0 Å². The zero-order chi connectivity index (χ0) is 20.8. The van der Waals surface area contributed by atoms with Gasteiger partial charge in [0.05, 0.1) is 6.04 Å². The molecule has 30 heavy (non-hydrogen) atoms. The molecule has 0 aliphatic carbocycles. The van der Waals surface area contributed by atoms with Crippen molar-refractivity contribution in [1.82, 2.24) is 9.97 Å². The molecule has 0 radical (unpaired) electrons. The lowest BCUT2D eigenvalue weighted by Gasteiger charge is -2.22. The van der Waals surface area contributed by atoms with Crippen molar-refractivity contribution in [2.45, 2.75) is 19.4 Å². The van der Waals surface area contributed by atoms with Crippen LogP contribution in [0.15, 0.2) is 91.3 Å². The Labute approximate surface area is 177 Å². The molecular weight excluding hydrogens is 370 g/mol. The fraction of sp³-hybridized carbons (Fsp3) is 0.120. The first-order chi connectivity index (χ1) is 14.8. The van der Waals surface area contributed by atoms with Crippen LogP contribution in [0.5, 0.6) is 0 Å². The Balaban J connectivity index is 1.67. The number of nitrogen functional groups attached to an aromatic ring is 1. The number of anilines is 4. The van der Waals surface area contributed by atoms with Gasteiger partial charge in [-0.2, -0.15) is 0 Å². The average molecular weight is 396 g/mol. The van der Waals surface area contributed by atoms with Gasteiger partial charge in [0.1, 0.15) is 12.0 Å². The zero-order valence-electron chi connectivity index (χ0n) is 16.9. The number of benzene rings is 3. The van der Waals surface area contributed by atoms with E-state index in [2.05, 4.69) is 57.9 Å². The van der Waals surface area contributed by atoms with Crippen LogP contribution < -0.4 is 16.4 Å². The highest BCUT2D eigenvalue weighted by molar-refractivity contribution is 5.78. The Morgan fingerprint density at radius 2 is 1.33 bits per heavy atom. The van der Waals surface area contributed by atoms with Gasteiger partial charge in [-0.1, -0.05) is 85.8 Å². The number of para-hydroxylation sites is 1. The van der Waals surface area contributed by atoms with Gasteiger partial charge in [0.15, 0.2) is 11.6 Å². The third-order valence-corrected chi connectivity index (χ3v) is 5.08. The average Bonchev–Trinajstić information content (AvgIpc) is 2.81. The Morgan fingerprint density at radius 1 is 0.767 bits per heavy atom. The van der Waals surface area contributed by atoms with Crippen LogP contribution >= 0.6 is 0 Å². The van der Waals surface area contributed by atoms with E-state index >= 15 is 0 Å². The first-order valence-electron chi connectivity index (χ1n) is 10.1. The summed E-state index contributed by atoms with van der Waals surface area (Å²) in [4.78, 5) is 8.80. The van der Waals surface area contributed by atoms with Crippen LogP contribution in [0.4, 0.5) is 23.0 Å². The third kappa shape index (κ3) is 4.25. The second-order valence-corrected chi connectivity index (χ2v) is 7.02. The molecule has 3 aromatic carbocycles. The summed E-state index contributed by atoms with van der Waals surface area (Å²) in [5.41, 5.74) is 11.4. The number of nitrogens with one attached hydrogen (secondary N) is 2. The summed E-state index contributed by atoms with van der Waals surface area (Å²) in [5, 5.41) is 6.89. The van der Waals surface area contributed by atoms with Crippen LogP contribution in [0.1, 0.15) is 29.7 Å². The largest absolute Gasteiger partial charge is 0.393 e. The van der Waals surface area contributed by atoms with Crippen LogP contribution in [-0.4, -0.2) is 9.97 Å². The van der Waals surface area contributed by atoms with Crippen molar-refractivity contribution in [3.63, 3.8) is 0 Å². The number of nitrogens with two attached hydrogens (primary N) is 1. The standard InChI is InChI=1S/C25H25N5/c1-2-18-11-9-10-16-21(18)29-24-22(26)25(28-17-27-24)30-23(19-12-5-3-6-13-19)20-14-7-4-8-15-20/h3-17,23H,2,26H2,1H3,(H2,27,28,29,30). The molecule has 0 aliphatic heterocycles. The van der Waals surface area contributed by atoms with Crippen LogP contribution in [0.3, 0.4) is 0 Å². The van der Waals surface area contributed by atoms with Crippen LogP contribution in [0, 0.1) is 0 Å². The summed E-state index contributed by atoms with van der Waals surface area (Å²) < 4.78 is 0. The molecule has 0 unspecified atom stereocenters. The Kier molecular flexibility index (Phi) is 5.90. The minimum absolute atomic E-state index is 0.0830. The summed E-state index contributed by atoms with van der Waals surface area (Å²) in [7, 11) is 0. The van der Waals surface area contributed by atoms with E-state index in [1.807, 2.05) is 54.6 Å². The van der Waals surface area contributed by atoms with E-state index in [1.54, 1.807) is 0 Å². The smallest absolute Gasteiger partial charge is 0.159 e. The van der Waals surface area contributed by atoms with Crippen molar-refractivity contribution in [2.24, 2.45) is 0 Å². The van der Waals surface area contributed by atoms with E-state index in [0.717, 1.165) is 23.2 Å². The fourth-order valence-corrected chi connectivity index (χ4v) is 3.48. The minimum Gasteiger partial charge on any atom is -0.393 e. The number of hydrogen-bond acceptors (Lipinski definition) is 5. The molecule has 4 aromatic rings. The second kappa shape index (κ2) is 9.09. The van der Waals surface area contributed by atoms with Crippen LogP contribution in [0.25, 0.3) is 0 Å². The lowest BCUT2D eigenvalue weighted by atomic mass is 9.99. The van der Waals surface area contributed by atoms with E-state index in [1.165, 1.54) is 11.9 Å². The summed E-state index contributed by atoms with van der Waals surface area (Å²) in [6.45, 7) is 2.13. The van der Waals surface area contributed by atoms with Gasteiger partial charge in [-0.15, -0.1) is 0 Å². The van der Waals surface area contributed by atoms with Crippen LogP contribution in [-0.2, 0) is 6.42 Å². The van der Waals surface area contributed by atoms with E-state index in [-0.39, 0.29) is 6.04 Å². The quantitative estimate of drug-likeness (QED) is 0.382. The molecule has 0 atom stereocenters. The van der Waals surface area contributed by atoms with E-state index in [4.69, 9.17) is 5.73 Å². The highest BCUT2D eigenvalue weighted by Gasteiger charge is 2.17. The zero-order valence-corrected chi connectivity index (χ0v) is 16.9. The lowest BCUT2D eigenvalue weighted by Crippen LogP contribution is -2.15. The summed E-state index contributed by atoms with van der Waals surface area (Å²) in [6, 6.07) is 28.6. The third-order valence-electron chi connectivity index (χ3n) is 5.08. The van der Waals surface area contributed by atoms with Gasteiger partial charge < -0.3 is 16.4 Å². The monoisotopic (exact) mass is 395 g/mol. The summed E-state index contributed by atoms with van der Waals surface area (Å²) >= 11 is 0. The molecule has 0 saturated carbocycles. The molecule has 0 saturated heterocycles.